The van der Waals surface area contributed by atoms with E-state index in [1.165, 1.54) is 55.0 Å². The van der Waals surface area contributed by atoms with Crippen LogP contribution in [-0.4, -0.2) is 177 Å². The van der Waals surface area contributed by atoms with Crippen LogP contribution in [0.4, 0.5) is 20.2 Å². The van der Waals surface area contributed by atoms with E-state index < -0.39 is 90.2 Å². The highest BCUT2D eigenvalue weighted by Gasteiger charge is 2.60. The van der Waals surface area contributed by atoms with E-state index in [1.54, 1.807) is 63.2 Å². The van der Waals surface area contributed by atoms with Crippen LogP contribution in [0, 0.1) is 69.8 Å². The maximum atomic E-state index is 15.7. The average molecular weight is 1510 g/mol. The van der Waals surface area contributed by atoms with E-state index in [0.29, 0.717) is 56.6 Å². The summed E-state index contributed by atoms with van der Waals surface area (Å²) in [5.74, 6) is -2.18. The molecule has 4 aromatic rings. The summed E-state index contributed by atoms with van der Waals surface area (Å²) in [4.78, 5) is 72.8. The van der Waals surface area contributed by atoms with Crippen LogP contribution in [0.2, 0.25) is 0 Å². The third kappa shape index (κ3) is 16.3. The second-order valence-electron chi connectivity index (χ2n) is 31.6. The van der Waals surface area contributed by atoms with Crippen LogP contribution in [0.1, 0.15) is 141 Å². The summed E-state index contributed by atoms with van der Waals surface area (Å²) in [5, 5.41) is 57.1. The monoisotopic (exact) mass is 1510 g/mol. The van der Waals surface area contributed by atoms with E-state index >= 15 is 4.39 Å². The van der Waals surface area contributed by atoms with Crippen LogP contribution in [0.5, 0.6) is 11.5 Å². The van der Waals surface area contributed by atoms with Gasteiger partial charge in [-0.25, -0.2) is 18.4 Å². The number of fused-ring (bicyclic) bond motifs is 4. The molecule has 3 saturated heterocycles. The highest BCUT2D eigenvalue weighted by Crippen LogP contribution is 2.62. The molecule has 3 heterocycles. The smallest absolute Gasteiger partial charge is 0.494 e. The number of benzene rings is 4. The lowest BCUT2D eigenvalue weighted by Gasteiger charge is -2.62. The number of nitrogens with zero attached hydrogens (tertiary/aromatic N) is 10. The largest absolute Gasteiger partial charge is 0.496 e. The molecule has 6 saturated carbocycles. The van der Waals surface area contributed by atoms with Crippen molar-refractivity contribution in [3.8, 4) is 22.6 Å². The van der Waals surface area contributed by atoms with Crippen molar-refractivity contribution in [3.05, 3.63) is 120 Å². The molecule has 13 rings (SSSR count). The molecule has 6 aliphatic carbocycles. The number of nitrogens with one attached hydrogen (secondary N) is 2. The molecule has 3 aliphatic heterocycles. The molecule has 0 spiro atoms. The van der Waals surface area contributed by atoms with Crippen molar-refractivity contribution in [2.24, 2.45) is 68.4 Å². The molecule has 26 nitrogen and oxygen atoms in total. The van der Waals surface area contributed by atoms with Crippen LogP contribution in [0.25, 0.3) is 32.0 Å². The molecule has 566 valence electrons. The molecule has 30 heteroatoms. The highest BCUT2D eigenvalue weighted by atomic mass is 79.9. The van der Waals surface area contributed by atoms with Gasteiger partial charge in [-0.1, -0.05) is 51.8 Å². The molecule has 4 aromatic carbocycles. The number of amides is 2. The van der Waals surface area contributed by atoms with Gasteiger partial charge in [0.05, 0.1) is 91.6 Å². The van der Waals surface area contributed by atoms with E-state index in [2.05, 4.69) is 88.2 Å². The molecule has 16 atom stereocenters. The van der Waals surface area contributed by atoms with Gasteiger partial charge in [-0.2, -0.15) is 10.1 Å². The van der Waals surface area contributed by atoms with E-state index in [-0.39, 0.29) is 94.8 Å². The predicted octanol–water partition coefficient (Wildman–Crippen LogP) is 11.6. The van der Waals surface area contributed by atoms with Crippen LogP contribution < -0.4 is 35.4 Å². The zero-order chi connectivity index (χ0) is 76.7. The number of methoxy groups -OCH3 is 2. The van der Waals surface area contributed by atoms with Crippen LogP contribution in [-0.2, 0) is 41.7 Å². The summed E-state index contributed by atoms with van der Waals surface area (Å²) in [5.41, 5.74) is 21.2. The summed E-state index contributed by atoms with van der Waals surface area (Å²) < 4.78 is 54.4. The number of hydrogen-bond donors (Lipinski definition) is 6. The van der Waals surface area contributed by atoms with Gasteiger partial charge in [0, 0.05) is 90.0 Å². The van der Waals surface area contributed by atoms with Crippen LogP contribution >= 0.6 is 15.9 Å². The quantitative estimate of drug-likeness (QED) is 0.0184. The van der Waals surface area contributed by atoms with Crippen molar-refractivity contribution in [1.29, 1.82) is 0 Å². The van der Waals surface area contributed by atoms with Gasteiger partial charge in [0.2, 0.25) is 11.8 Å². The Morgan fingerprint density at radius 2 is 1.07 bits per heavy atom. The topological polar surface area (TPSA) is 339 Å². The van der Waals surface area contributed by atoms with Gasteiger partial charge in [0.1, 0.15) is 35.2 Å². The Labute approximate surface area is 616 Å². The first-order chi connectivity index (χ1) is 48.7. The predicted molar refractivity (Wildman–Crippen MR) is 393 cm³/mol. The number of carbonyl (C=O) groups is 4. The molecule has 4 bridgehead atoms. The zero-order valence-corrected chi connectivity index (χ0v) is 64.3. The third-order valence-electron chi connectivity index (χ3n) is 24.0. The van der Waals surface area contributed by atoms with E-state index in [1.807, 2.05) is 52.8 Å². The number of ether oxygens (including phenoxy) is 2. The molecule has 9 aliphatic rings. The fourth-order valence-electron chi connectivity index (χ4n) is 16.9. The van der Waals surface area contributed by atoms with E-state index in [0.717, 1.165) is 30.4 Å². The minimum atomic E-state index is -1.11. The minimum absolute atomic E-state index is 0.0131. The number of azide groups is 2. The van der Waals surface area contributed by atoms with Crippen molar-refractivity contribution in [3.63, 3.8) is 0 Å². The summed E-state index contributed by atoms with van der Waals surface area (Å²) in [6.07, 6.45) is 0.539. The van der Waals surface area contributed by atoms with Crippen LogP contribution in [0.15, 0.2) is 75.4 Å². The lowest BCUT2D eigenvalue weighted by atomic mass is 9.45. The summed E-state index contributed by atoms with van der Waals surface area (Å²) in [6, 6.07) is 13.6. The highest BCUT2D eigenvalue weighted by molar-refractivity contribution is 9.10. The number of hydroxylamine groups is 4. The summed E-state index contributed by atoms with van der Waals surface area (Å²) >= 11 is 3.38. The number of anilines is 2. The van der Waals surface area contributed by atoms with Crippen molar-refractivity contribution < 1.29 is 76.8 Å². The first-order valence-corrected chi connectivity index (χ1v) is 36.2. The van der Waals surface area contributed by atoms with Crippen LogP contribution in [0.3, 0.4) is 0 Å². The molecule has 104 heavy (non-hydrogen) atoms. The lowest BCUT2D eigenvalue weighted by Crippen LogP contribution is -2.62. The Morgan fingerprint density at radius 3 is 1.45 bits per heavy atom. The number of aromatic carboxylic acids is 2. The number of hydrogen-bond acceptors (Lipinski definition) is 18. The van der Waals surface area contributed by atoms with Gasteiger partial charge in [0.15, 0.2) is 0 Å². The Morgan fingerprint density at radius 1 is 0.654 bits per heavy atom. The first kappa shape index (κ1) is 80.8. The van der Waals surface area contributed by atoms with Gasteiger partial charge in [-0.15, -0.1) is 0 Å². The van der Waals surface area contributed by atoms with Gasteiger partial charge < -0.3 is 59.6 Å². The second kappa shape index (κ2) is 32.0. The molecule has 0 aromatic heterocycles. The normalized spacial score (nSPS) is 28.5. The van der Waals surface area contributed by atoms with Crippen molar-refractivity contribution in [1.82, 2.24) is 20.8 Å². The Kier molecular flexibility index (Phi) is 24.9. The summed E-state index contributed by atoms with van der Waals surface area (Å²) in [6.45, 7) is 24.0. The average Bonchev–Trinajstić information content (AvgIpc) is 0.974. The Balaban J connectivity index is 0.000000194. The van der Waals surface area contributed by atoms with E-state index in [9.17, 15) is 44.0 Å². The summed E-state index contributed by atoms with van der Waals surface area (Å²) in [7, 11) is 9.59. The standard InChI is InChI=1S/C34H45FN6O6.C25H35BrFN5O4.C15H22BNO4/c1-17-25-13-21(34(25,3)4)14-27(17)38-32(43)30-29(18(2)42)28(15-37-39-36)47-41(30)16-24-26(35)9-8-23(31(24)46-7)19-10-20(33(44)45)12-22(11-19)40(5)6;1-12-16-8-14(25(16,3)4)9-19(12)30-24(34)22-21(13(2)33)20(10-29-31-28)36-32(22)11-15-18(27)7-6-17(26)23(15)35-5;1-14(2)15(3,4)21-16(20-14)11-7-10(13(18)19)8-12(9-11)17(5)6/h8-12,17-18,21,25,27-30,42H,13-16H2,1-7H3,(H,38,43)(H,44,45);6-7,12-14,16,19-22,33H,8-11H2,1-5H3,(H,30,34);7-9H,1-6H3,(H,18,19)/t17-,18-,21+,25-,27-,28-,29+,30-;12-,13-,14+,16-,19-,20-,21+,22-;/m00./s1. The van der Waals surface area contributed by atoms with Crippen molar-refractivity contribution >= 4 is 63.6 Å². The fraction of sp³-hybridized carbons (Fsp3) is 0.622. The Bertz CT molecular complexity index is 3930. The first-order valence-electron chi connectivity index (χ1n) is 35.4. The number of aliphatic hydroxyl groups is 2. The number of carboxylic acids is 2. The van der Waals surface area contributed by atoms with Gasteiger partial charge in [0.25, 0.3) is 0 Å². The SMILES string of the molecule is CN(C)c1cc(B2OC(C)(C)C(C)(C)O2)cc(C(=O)O)c1.COc1c(-c2cc(C(=O)O)cc(N(C)C)c2)ccc(F)c1CN1O[C@@H](CN=[N+]=[N-])[C@@H]([C@H](C)O)[C@H]1C(=O)N[C@H]1C[C@H]2C[C@@H]([C@@H]1C)C2(C)C.COc1c(Br)ccc(F)c1CN1O[C@@H](CN=[N+]=[N-])[C@@H]([C@H](C)O)[C@H]1C(=O)N[C@H]1C[C@H]2C[C@@H]([C@@H]1C)C2(C)C. The van der Waals surface area contributed by atoms with Gasteiger partial charge in [-0.3, -0.25) is 19.3 Å². The fourth-order valence-corrected chi connectivity index (χ4v) is 17.5. The maximum absolute atomic E-state index is 15.7. The molecule has 2 amide bonds. The van der Waals surface area contributed by atoms with Crippen molar-refractivity contribution in [2.45, 2.75) is 182 Å². The molecule has 6 N–H and O–H groups in total. The number of rotatable bonds is 22. The molecular formula is C74H102BBrF2N12O14. The number of halogens is 3. The number of aliphatic hydroxyl groups excluding tert-OH is 2. The third-order valence-corrected chi connectivity index (χ3v) is 24.7. The molecular weight excluding hydrogens is 1410 g/mol. The second-order valence-corrected chi connectivity index (χ2v) is 32.5. The van der Waals surface area contributed by atoms with Gasteiger partial charge in [-0.05, 0) is 212 Å². The zero-order valence-electron chi connectivity index (χ0n) is 62.7. The number of carbonyl (C=O) groups excluding carboxylic acids is 2. The number of carboxylic acid groups (broad SMARTS) is 2. The molecule has 0 radical (unpaired) electrons. The minimum Gasteiger partial charge on any atom is -0.496 e. The van der Waals surface area contributed by atoms with Gasteiger partial charge >= 0.3 is 19.1 Å². The maximum Gasteiger partial charge on any atom is 0.494 e. The lowest BCUT2D eigenvalue weighted by molar-refractivity contribution is -0.176. The Hall–Kier alpha value is -7.34. The van der Waals surface area contributed by atoms with E-state index in [4.69, 9.17) is 39.5 Å². The molecule has 9 fully saturated rings. The van der Waals surface area contributed by atoms with Crippen molar-refractivity contribution in [2.75, 3.05) is 65.3 Å². The molecule has 0 unspecified atom stereocenters.